The summed E-state index contributed by atoms with van der Waals surface area (Å²) in [6.45, 7) is -1.05. The number of halogens is 4. The van der Waals surface area contributed by atoms with Crippen molar-refractivity contribution in [3.8, 4) is 5.75 Å². The number of ether oxygens (including phenoxy) is 1. The second-order valence-corrected chi connectivity index (χ2v) is 6.55. The van der Waals surface area contributed by atoms with Gasteiger partial charge in [-0.25, -0.2) is 12.8 Å². The predicted molar refractivity (Wildman–Crippen MR) is 63.7 cm³/mol. The van der Waals surface area contributed by atoms with Gasteiger partial charge in [-0.1, -0.05) is 27.5 Å². The standard InChI is InChI=1S/C8H6BrCl2FO3S/c9-5-3-6(10)8(15-2-1-12)7(4-5)16(11,13)14/h3-4H,1-2H2. The van der Waals surface area contributed by atoms with Crippen LogP contribution in [0.3, 0.4) is 0 Å². The maximum Gasteiger partial charge on any atom is 0.265 e. The molecule has 0 aromatic heterocycles. The van der Waals surface area contributed by atoms with E-state index >= 15 is 0 Å². The van der Waals surface area contributed by atoms with Gasteiger partial charge in [-0.15, -0.1) is 0 Å². The van der Waals surface area contributed by atoms with Crippen LogP contribution in [-0.4, -0.2) is 21.7 Å². The van der Waals surface area contributed by atoms with Gasteiger partial charge in [0.15, 0.2) is 5.75 Å². The zero-order chi connectivity index (χ0) is 12.3. The molecule has 1 aromatic carbocycles. The maximum absolute atomic E-state index is 12.0. The lowest BCUT2D eigenvalue weighted by Gasteiger charge is -2.10. The fraction of sp³-hybridized carbons (Fsp3) is 0.250. The van der Waals surface area contributed by atoms with Crippen molar-refractivity contribution in [2.24, 2.45) is 0 Å². The van der Waals surface area contributed by atoms with E-state index in [2.05, 4.69) is 15.9 Å². The summed E-state index contributed by atoms with van der Waals surface area (Å²) in [4.78, 5) is -0.290. The average Bonchev–Trinajstić information content (AvgIpc) is 2.14. The van der Waals surface area contributed by atoms with E-state index in [1.807, 2.05) is 0 Å². The molecule has 0 fully saturated rings. The molecule has 0 amide bonds. The van der Waals surface area contributed by atoms with Crippen molar-refractivity contribution in [1.82, 2.24) is 0 Å². The molecule has 0 heterocycles. The van der Waals surface area contributed by atoms with E-state index in [-0.39, 0.29) is 22.3 Å². The van der Waals surface area contributed by atoms with Crippen LogP contribution in [0.1, 0.15) is 0 Å². The topological polar surface area (TPSA) is 43.4 Å². The molecule has 3 nitrogen and oxygen atoms in total. The second-order valence-electron chi connectivity index (χ2n) is 2.69. The predicted octanol–water partition coefficient (Wildman–Crippen LogP) is 3.38. The highest BCUT2D eigenvalue weighted by molar-refractivity contribution is 9.10. The molecule has 0 saturated heterocycles. The van der Waals surface area contributed by atoms with E-state index in [0.717, 1.165) is 0 Å². The van der Waals surface area contributed by atoms with Crippen molar-refractivity contribution >= 4 is 47.3 Å². The Bertz CT molecular complexity index is 492. The number of rotatable bonds is 4. The first-order valence-corrected chi connectivity index (χ1v) is 7.46. The Morgan fingerprint density at radius 2 is 2.06 bits per heavy atom. The Morgan fingerprint density at radius 3 is 2.56 bits per heavy atom. The van der Waals surface area contributed by atoms with E-state index in [9.17, 15) is 12.8 Å². The van der Waals surface area contributed by atoms with E-state index < -0.39 is 15.7 Å². The van der Waals surface area contributed by atoms with Crippen molar-refractivity contribution in [1.29, 1.82) is 0 Å². The minimum Gasteiger partial charge on any atom is -0.488 e. The average molecular weight is 352 g/mol. The number of hydrogen-bond donors (Lipinski definition) is 0. The fourth-order valence-corrected chi connectivity index (χ4v) is 3.07. The number of benzene rings is 1. The first-order chi connectivity index (χ1) is 7.36. The van der Waals surface area contributed by atoms with Gasteiger partial charge < -0.3 is 4.74 Å². The molecule has 8 heteroatoms. The molecule has 90 valence electrons. The summed E-state index contributed by atoms with van der Waals surface area (Å²) in [5.74, 6) is -0.141. The van der Waals surface area contributed by atoms with Crippen LogP contribution in [-0.2, 0) is 9.05 Å². The summed E-state index contributed by atoms with van der Waals surface area (Å²) in [6.07, 6.45) is 0. The highest BCUT2D eigenvalue weighted by Gasteiger charge is 2.20. The molecular formula is C8H6BrCl2FO3S. The Morgan fingerprint density at radius 1 is 1.44 bits per heavy atom. The van der Waals surface area contributed by atoms with Gasteiger partial charge in [-0.2, -0.15) is 0 Å². The van der Waals surface area contributed by atoms with Crippen LogP contribution in [0.2, 0.25) is 5.02 Å². The third-order valence-corrected chi connectivity index (χ3v) is 3.63. The van der Waals surface area contributed by atoms with E-state index in [1.54, 1.807) is 0 Å². The molecule has 0 radical (unpaired) electrons. The van der Waals surface area contributed by atoms with E-state index in [0.29, 0.717) is 4.47 Å². The number of alkyl halides is 1. The third kappa shape index (κ3) is 3.48. The van der Waals surface area contributed by atoms with Gasteiger partial charge >= 0.3 is 0 Å². The first-order valence-electron chi connectivity index (χ1n) is 3.98. The SMILES string of the molecule is O=S(=O)(Cl)c1cc(Br)cc(Cl)c1OCCF. The van der Waals surface area contributed by atoms with Crippen LogP contribution in [0.5, 0.6) is 5.75 Å². The quantitative estimate of drug-likeness (QED) is 0.781. The summed E-state index contributed by atoms with van der Waals surface area (Å²) in [5.41, 5.74) is 0. The highest BCUT2D eigenvalue weighted by atomic mass is 79.9. The van der Waals surface area contributed by atoms with Gasteiger partial charge in [0.05, 0.1) is 5.02 Å². The molecule has 0 unspecified atom stereocenters. The molecule has 0 saturated carbocycles. The Kier molecular flexibility index (Phi) is 4.85. The molecule has 0 atom stereocenters. The minimum absolute atomic E-state index is 0.0436. The van der Waals surface area contributed by atoms with Gasteiger partial charge in [0.25, 0.3) is 9.05 Å². The molecule has 1 rings (SSSR count). The summed E-state index contributed by atoms with van der Waals surface area (Å²) in [5, 5.41) is 0.0436. The van der Waals surface area contributed by atoms with Crippen molar-refractivity contribution < 1.29 is 17.5 Å². The normalized spacial score (nSPS) is 11.5. The van der Waals surface area contributed by atoms with Crippen molar-refractivity contribution in [2.75, 3.05) is 13.3 Å². The lowest BCUT2D eigenvalue weighted by molar-refractivity contribution is 0.267. The van der Waals surface area contributed by atoms with E-state index in [4.69, 9.17) is 27.0 Å². The molecule has 0 bridgehead atoms. The minimum atomic E-state index is -4.00. The summed E-state index contributed by atoms with van der Waals surface area (Å²) in [7, 11) is 1.21. The summed E-state index contributed by atoms with van der Waals surface area (Å²) in [6, 6.07) is 2.67. The summed E-state index contributed by atoms with van der Waals surface area (Å²) < 4.78 is 39.8. The monoisotopic (exact) mass is 350 g/mol. The van der Waals surface area contributed by atoms with Gasteiger partial charge in [-0.3, -0.25) is 0 Å². The lowest BCUT2D eigenvalue weighted by Crippen LogP contribution is -2.04. The van der Waals surface area contributed by atoms with Crippen LogP contribution in [0.25, 0.3) is 0 Å². The molecule has 0 N–H and O–H groups in total. The zero-order valence-electron chi connectivity index (χ0n) is 7.71. The first kappa shape index (κ1) is 14.0. The van der Waals surface area contributed by atoms with Crippen molar-refractivity contribution in [3.63, 3.8) is 0 Å². The molecule has 0 aliphatic heterocycles. The van der Waals surface area contributed by atoms with Crippen molar-refractivity contribution in [3.05, 3.63) is 21.6 Å². The molecule has 0 spiro atoms. The van der Waals surface area contributed by atoms with Crippen LogP contribution >= 0.6 is 38.2 Å². The molecule has 0 aliphatic carbocycles. The van der Waals surface area contributed by atoms with Gasteiger partial charge in [0.2, 0.25) is 0 Å². The molecule has 16 heavy (non-hydrogen) atoms. The fourth-order valence-electron chi connectivity index (χ4n) is 0.999. The van der Waals surface area contributed by atoms with Gasteiger partial charge in [0, 0.05) is 15.2 Å². The second kappa shape index (κ2) is 5.53. The van der Waals surface area contributed by atoms with Gasteiger partial charge in [-0.05, 0) is 12.1 Å². The van der Waals surface area contributed by atoms with Gasteiger partial charge in [0.1, 0.15) is 18.2 Å². The highest BCUT2D eigenvalue weighted by Crippen LogP contribution is 2.37. The Labute approximate surface area is 110 Å². The largest absolute Gasteiger partial charge is 0.488 e. The molecular weight excluding hydrogens is 346 g/mol. The Hall–Kier alpha value is -0.0400. The van der Waals surface area contributed by atoms with Crippen molar-refractivity contribution in [2.45, 2.75) is 4.90 Å². The van der Waals surface area contributed by atoms with Crippen LogP contribution in [0.15, 0.2) is 21.5 Å². The van der Waals surface area contributed by atoms with Crippen LogP contribution < -0.4 is 4.74 Å². The molecule has 0 aliphatic rings. The number of hydrogen-bond acceptors (Lipinski definition) is 3. The smallest absolute Gasteiger partial charge is 0.265 e. The third-order valence-electron chi connectivity index (χ3n) is 1.56. The Balaban J connectivity index is 3.33. The summed E-state index contributed by atoms with van der Waals surface area (Å²) >= 11 is 8.85. The zero-order valence-corrected chi connectivity index (χ0v) is 11.6. The van der Waals surface area contributed by atoms with Crippen LogP contribution in [0.4, 0.5) is 4.39 Å². The maximum atomic E-state index is 12.0. The van der Waals surface area contributed by atoms with E-state index in [1.165, 1.54) is 12.1 Å². The molecule has 1 aromatic rings. The lowest BCUT2D eigenvalue weighted by atomic mass is 10.3. The van der Waals surface area contributed by atoms with Crippen LogP contribution in [0, 0.1) is 0 Å².